The van der Waals surface area contributed by atoms with Crippen molar-refractivity contribution in [2.75, 3.05) is 4.90 Å². The van der Waals surface area contributed by atoms with Crippen LogP contribution >= 0.6 is 0 Å². The van der Waals surface area contributed by atoms with Gasteiger partial charge in [0, 0.05) is 5.69 Å². The van der Waals surface area contributed by atoms with E-state index in [2.05, 4.69) is 0 Å². The lowest BCUT2D eigenvalue weighted by Gasteiger charge is -2.40. The van der Waals surface area contributed by atoms with Gasteiger partial charge in [0.15, 0.2) is 0 Å². The molecule has 1 heterocycles. The zero-order valence-corrected chi connectivity index (χ0v) is 14.1. The summed E-state index contributed by atoms with van der Waals surface area (Å²) in [6.07, 6.45) is 0.460. The van der Waals surface area contributed by atoms with Gasteiger partial charge in [-0.1, -0.05) is 42.5 Å². The van der Waals surface area contributed by atoms with Gasteiger partial charge in [-0.2, -0.15) is 0 Å². The molecule has 0 radical (unpaired) electrons. The van der Waals surface area contributed by atoms with Gasteiger partial charge >= 0.3 is 0 Å². The molecular formula is C22H18FNO2. The molecule has 1 fully saturated rings. The molecule has 130 valence electrons. The van der Waals surface area contributed by atoms with Crippen LogP contribution < -0.4 is 9.64 Å². The van der Waals surface area contributed by atoms with E-state index in [-0.39, 0.29) is 17.8 Å². The van der Waals surface area contributed by atoms with Gasteiger partial charge < -0.3 is 9.64 Å². The largest absolute Gasteiger partial charge is 0.489 e. The van der Waals surface area contributed by atoms with Crippen molar-refractivity contribution in [2.45, 2.75) is 19.1 Å². The first-order valence-corrected chi connectivity index (χ1v) is 8.55. The highest BCUT2D eigenvalue weighted by Gasteiger charge is 2.38. The minimum absolute atomic E-state index is 0.0175. The summed E-state index contributed by atoms with van der Waals surface area (Å²) in [6, 6.07) is 23.8. The average molecular weight is 347 g/mol. The summed E-state index contributed by atoms with van der Waals surface area (Å²) in [6.45, 7) is 0.518. The van der Waals surface area contributed by atoms with Crippen LogP contribution in [0.25, 0.3) is 0 Å². The molecule has 26 heavy (non-hydrogen) atoms. The third-order valence-corrected chi connectivity index (χ3v) is 4.57. The highest BCUT2D eigenvalue weighted by Crippen LogP contribution is 2.39. The molecule has 1 saturated heterocycles. The second-order valence-corrected chi connectivity index (χ2v) is 6.30. The maximum Gasteiger partial charge on any atom is 0.230 e. The maximum atomic E-state index is 13.1. The molecule has 4 rings (SSSR count). The Bertz CT molecular complexity index is 892. The van der Waals surface area contributed by atoms with Crippen molar-refractivity contribution in [2.24, 2.45) is 0 Å². The third kappa shape index (κ3) is 3.31. The van der Waals surface area contributed by atoms with Gasteiger partial charge in [-0.15, -0.1) is 0 Å². The standard InChI is InChI=1S/C22H18FNO2/c23-18-8-10-19(11-9-18)24-21(14-22(24)25)17-6-12-20(13-7-17)26-15-16-4-2-1-3-5-16/h1-13,21H,14-15H2/t21-/m0/s1. The third-order valence-electron chi connectivity index (χ3n) is 4.57. The first-order valence-electron chi connectivity index (χ1n) is 8.55. The Morgan fingerprint density at radius 3 is 2.27 bits per heavy atom. The van der Waals surface area contributed by atoms with Crippen LogP contribution in [0.2, 0.25) is 0 Å². The lowest BCUT2D eigenvalue weighted by molar-refractivity contribution is -0.124. The molecule has 3 aromatic rings. The van der Waals surface area contributed by atoms with Gasteiger partial charge in [-0.25, -0.2) is 4.39 Å². The summed E-state index contributed by atoms with van der Waals surface area (Å²) in [4.78, 5) is 13.7. The number of ether oxygens (including phenoxy) is 1. The number of β-lactam (4-membered cyclic amide) rings is 1. The van der Waals surface area contributed by atoms with E-state index in [9.17, 15) is 9.18 Å². The normalized spacial score (nSPS) is 16.3. The molecule has 0 bridgehead atoms. The van der Waals surface area contributed by atoms with E-state index < -0.39 is 0 Å². The average Bonchev–Trinajstić information content (AvgIpc) is 2.67. The summed E-state index contributed by atoms with van der Waals surface area (Å²) in [5, 5.41) is 0. The van der Waals surface area contributed by atoms with Crippen LogP contribution in [0.5, 0.6) is 5.75 Å². The topological polar surface area (TPSA) is 29.5 Å². The summed E-state index contributed by atoms with van der Waals surface area (Å²) >= 11 is 0. The molecule has 0 aliphatic carbocycles. The second-order valence-electron chi connectivity index (χ2n) is 6.30. The Labute approximate surface area is 151 Å². The molecule has 1 aliphatic heterocycles. The zero-order chi connectivity index (χ0) is 17.9. The number of amides is 1. The van der Waals surface area contributed by atoms with E-state index in [1.54, 1.807) is 17.0 Å². The van der Waals surface area contributed by atoms with Crippen LogP contribution in [0.3, 0.4) is 0 Å². The van der Waals surface area contributed by atoms with Crippen molar-refractivity contribution in [1.82, 2.24) is 0 Å². The molecule has 0 N–H and O–H groups in total. The van der Waals surface area contributed by atoms with Gasteiger partial charge in [0.1, 0.15) is 18.2 Å². The highest BCUT2D eigenvalue weighted by atomic mass is 19.1. The lowest BCUT2D eigenvalue weighted by atomic mass is 9.93. The number of hydrogen-bond acceptors (Lipinski definition) is 2. The van der Waals surface area contributed by atoms with Gasteiger partial charge in [0.2, 0.25) is 5.91 Å². The predicted octanol–water partition coefficient (Wildman–Crippen LogP) is 4.88. The number of hydrogen-bond donors (Lipinski definition) is 0. The summed E-state index contributed by atoms with van der Waals surface area (Å²) in [5.74, 6) is 0.529. The molecule has 0 unspecified atom stereocenters. The molecule has 3 aromatic carbocycles. The van der Waals surface area contributed by atoms with E-state index in [1.165, 1.54) is 12.1 Å². The number of carbonyl (C=O) groups is 1. The van der Waals surface area contributed by atoms with E-state index in [0.717, 1.165) is 22.6 Å². The summed E-state index contributed by atoms with van der Waals surface area (Å²) < 4.78 is 18.9. The fourth-order valence-corrected chi connectivity index (χ4v) is 3.14. The van der Waals surface area contributed by atoms with Crippen molar-refractivity contribution in [3.63, 3.8) is 0 Å². The fourth-order valence-electron chi connectivity index (χ4n) is 3.14. The minimum atomic E-state index is -0.307. The van der Waals surface area contributed by atoms with Crippen molar-refractivity contribution in [1.29, 1.82) is 0 Å². The number of anilines is 1. The van der Waals surface area contributed by atoms with E-state index in [1.807, 2.05) is 54.6 Å². The molecule has 3 nitrogen and oxygen atoms in total. The number of rotatable bonds is 5. The quantitative estimate of drug-likeness (QED) is 0.616. The van der Waals surface area contributed by atoms with Crippen molar-refractivity contribution < 1.29 is 13.9 Å². The molecule has 0 saturated carbocycles. The monoisotopic (exact) mass is 347 g/mol. The summed E-state index contributed by atoms with van der Waals surface area (Å²) in [5.41, 5.74) is 2.88. The van der Waals surface area contributed by atoms with Crippen LogP contribution in [0.1, 0.15) is 23.6 Å². The van der Waals surface area contributed by atoms with Crippen molar-refractivity contribution in [3.05, 3.63) is 95.8 Å². The first kappa shape index (κ1) is 16.3. The Balaban J connectivity index is 1.44. The summed E-state index contributed by atoms with van der Waals surface area (Å²) in [7, 11) is 0. The molecule has 0 spiro atoms. The van der Waals surface area contributed by atoms with Gasteiger partial charge in [-0.05, 0) is 47.5 Å². The van der Waals surface area contributed by atoms with E-state index in [0.29, 0.717) is 13.0 Å². The van der Waals surface area contributed by atoms with E-state index in [4.69, 9.17) is 4.74 Å². The Morgan fingerprint density at radius 1 is 0.923 bits per heavy atom. The molecule has 1 atom stereocenters. The molecule has 4 heteroatoms. The Kier molecular flexibility index (Phi) is 4.40. The number of benzene rings is 3. The van der Waals surface area contributed by atoms with Crippen LogP contribution in [-0.4, -0.2) is 5.91 Å². The molecule has 1 aliphatic rings. The van der Waals surface area contributed by atoms with Crippen molar-refractivity contribution in [3.8, 4) is 5.75 Å². The Hall–Kier alpha value is -3.14. The molecule has 1 amide bonds. The number of halogens is 1. The van der Waals surface area contributed by atoms with Gasteiger partial charge in [-0.3, -0.25) is 4.79 Å². The molecule has 0 aromatic heterocycles. The first-order chi connectivity index (χ1) is 12.7. The fraction of sp³-hybridized carbons (Fsp3) is 0.136. The van der Waals surface area contributed by atoms with Crippen molar-refractivity contribution >= 4 is 11.6 Å². The van der Waals surface area contributed by atoms with Crippen LogP contribution in [0.4, 0.5) is 10.1 Å². The number of carbonyl (C=O) groups excluding carboxylic acids is 1. The maximum absolute atomic E-state index is 13.1. The van der Waals surface area contributed by atoms with Crippen LogP contribution in [0.15, 0.2) is 78.9 Å². The van der Waals surface area contributed by atoms with Gasteiger partial charge in [0.05, 0.1) is 12.5 Å². The SMILES string of the molecule is O=C1C[C@@H](c2ccc(OCc3ccccc3)cc2)N1c1ccc(F)cc1. The van der Waals surface area contributed by atoms with E-state index >= 15 is 0 Å². The van der Waals surface area contributed by atoms with Crippen LogP contribution in [0, 0.1) is 5.82 Å². The second kappa shape index (κ2) is 7.00. The lowest BCUT2D eigenvalue weighted by Crippen LogP contribution is -2.46. The highest BCUT2D eigenvalue weighted by molar-refractivity contribution is 6.01. The number of nitrogens with zero attached hydrogens (tertiary/aromatic N) is 1. The Morgan fingerprint density at radius 2 is 1.62 bits per heavy atom. The minimum Gasteiger partial charge on any atom is -0.489 e. The zero-order valence-electron chi connectivity index (χ0n) is 14.1. The predicted molar refractivity (Wildman–Crippen MR) is 98.5 cm³/mol. The molecular weight excluding hydrogens is 329 g/mol. The van der Waals surface area contributed by atoms with Crippen LogP contribution in [-0.2, 0) is 11.4 Å². The van der Waals surface area contributed by atoms with Gasteiger partial charge in [0.25, 0.3) is 0 Å². The smallest absolute Gasteiger partial charge is 0.230 e.